The van der Waals surface area contributed by atoms with Crippen LogP contribution in [0.2, 0.25) is 0 Å². The lowest BCUT2D eigenvalue weighted by Crippen LogP contribution is -2.29. The Labute approximate surface area is 184 Å². The van der Waals surface area contributed by atoms with Gasteiger partial charge in [0.05, 0.1) is 22.7 Å². The topological polar surface area (TPSA) is 82.5 Å². The van der Waals surface area contributed by atoms with Gasteiger partial charge in [-0.3, -0.25) is 14.2 Å². The Hall–Kier alpha value is -3.00. The van der Waals surface area contributed by atoms with Gasteiger partial charge in [0.15, 0.2) is 16.7 Å². The van der Waals surface area contributed by atoms with E-state index in [0.717, 1.165) is 18.4 Å². The average molecular weight is 440 g/mol. The van der Waals surface area contributed by atoms with Crippen molar-refractivity contribution in [3.63, 3.8) is 0 Å². The number of thioether (sulfide) groups is 1. The van der Waals surface area contributed by atoms with Crippen LogP contribution in [-0.4, -0.2) is 28.0 Å². The zero-order chi connectivity index (χ0) is 21.8. The Morgan fingerprint density at radius 3 is 2.87 bits per heavy atom. The lowest BCUT2D eigenvalue weighted by atomic mass is 10.1. The number of rotatable bonds is 8. The summed E-state index contributed by atoms with van der Waals surface area (Å²) in [6.07, 6.45) is 1.84. The van der Waals surface area contributed by atoms with Gasteiger partial charge in [-0.2, -0.15) is 0 Å². The molecule has 8 heteroatoms. The Morgan fingerprint density at radius 1 is 1.23 bits per heavy atom. The number of aromatic nitrogens is 2. The quantitative estimate of drug-likeness (QED) is 0.424. The minimum absolute atomic E-state index is 0.0595. The van der Waals surface area contributed by atoms with Gasteiger partial charge in [0.2, 0.25) is 12.7 Å². The average Bonchev–Trinajstić information content (AvgIpc) is 3.25. The molecular weight excluding hydrogens is 414 g/mol. The zero-order valence-electron chi connectivity index (χ0n) is 17.6. The summed E-state index contributed by atoms with van der Waals surface area (Å²) < 4.78 is 12.4. The van der Waals surface area contributed by atoms with Crippen molar-refractivity contribution in [3.05, 3.63) is 58.4 Å². The zero-order valence-corrected chi connectivity index (χ0v) is 18.4. The number of fused-ring (bicyclic) bond motifs is 2. The van der Waals surface area contributed by atoms with Gasteiger partial charge in [0.25, 0.3) is 5.56 Å². The van der Waals surface area contributed by atoms with Crippen molar-refractivity contribution in [2.75, 3.05) is 12.5 Å². The Morgan fingerprint density at radius 2 is 2.03 bits per heavy atom. The number of amides is 1. The molecule has 4 rings (SSSR count). The van der Waals surface area contributed by atoms with Gasteiger partial charge in [-0.05, 0) is 43.2 Å². The van der Waals surface area contributed by atoms with Gasteiger partial charge in [-0.15, -0.1) is 0 Å². The molecular formula is C23H25N3O4S. The van der Waals surface area contributed by atoms with Crippen molar-refractivity contribution in [3.8, 4) is 11.5 Å². The molecule has 2 aromatic carbocycles. The lowest BCUT2D eigenvalue weighted by Gasteiger charge is -2.16. The van der Waals surface area contributed by atoms with Crippen LogP contribution in [0.4, 0.5) is 0 Å². The van der Waals surface area contributed by atoms with Crippen molar-refractivity contribution in [2.45, 2.75) is 44.4 Å². The molecule has 7 nitrogen and oxygen atoms in total. The molecule has 1 amide bonds. The summed E-state index contributed by atoms with van der Waals surface area (Å²) in [4.78, 5) is 30.2. The molecule has 1 aromatic heterocycles. The third kappa shape index (κ3) is 4.69. The minimum Gasteiger partial charge on any atom is -0.454 e. The second-order valence-electron chi connectivity index (χ2n) is 7.41. The number of unbranched alkanes of at least 4 members (excludes halogenated alkanes) is 1. The first-order valence-corrected chi connectivity index (χ1v) is 11.4. The maximum absolute atomic E-state index is 12.9. The largest absolute Gasteiger partial charge is 0.454 e. The van der Waals surface area contributed by atoms with E-state index in [0.29, 0.717) is 34.1 Å². The van der Waals surface area contributed by atoms with Crippen LogP contribution in [0.3, 0.4) is 0 Å². The predicted octanol–water partition coefficient (Wildman–Crippen LogP) is 3.89. The number of benzene rings is 2. The second-order valence-corrected chi connectivity index (χ2v) is 8.35. The van der Waals surface area contributed by atoms with Crippen molar-refractivity contribution in [1.82, 2.24) is 14.9 Å². The first-order chi connectivity index (χ1) is 15.1. The molecule has 162 valence electrons. The maximum atomic E-state index is 12.9. The highest BCUT2D eigenvalue weighted by Gasteiger charge is 2.18. The Kier molecular flexibility index (Phi) is 6.46. The van der Waals surface area contributed by atoms with E-state index in [9.17, 15) is 9.59 Å². The number of hydrogen-bond acceptors (Lipinski definition) is 6. The van der Waals surface area contributed by atoms with E-state index in [1.165, 1.54) is 11.8 Å². The van der Waals surface area contributed by atoms with E-state index in [2.05, 4.69) is 17.2 Å². The SMILES string of the molecule is CCCCn1c(SCC(=O)NC(C)c2ccc3c(c2)OCO3)nc2ccccc2c1=O. The number of carbonyl (C=O) groups excluding carboxylic acids is 1. The van der Waals surface area contributed by atoms with Gasteiger partial charge in [0.1, 0.15) is 0 Å². The second kappa shape index (κ2) is 9.43. The van der Waals surface area contributed by atoms with Gasteiger partial charge in [0, 0.05) is 6.54 Å². The van der Waals surface area contributed by atoms with Gasteiger partial charge >= 0.3 is 0 Å². The minimum atomic E-state index is -0.186. The molecule has 0 saturated carbocycles. The predicted molar refractivity (Wildman–Crippen MR) is 121 cm³/mol. The van der Waals surface area contributed by atoms with E-state index in [1.807, 2.05) is 43.3 Å². The fraction of sp³-hybridized carbons (Fsp3) is 0.348. The van der Waals surface area contributed by atoms with E-state index >= 15 is 0 Å². The molecule has 0 aliphatic carbocycles. The highest BCUT2D eigenvalue weighted by atomic mass is 32.2. The molecule has 1 unspecified atom stereocenters. The molecule has 0 radical (unpaired) electrons. The maximum Gasteiger partial charge on any atom is 0.262 e. The van der Waals surface area contributed by atoms with Crippen molar-refractivity contribution >= 4 is 28.6 Å². The van der Waals surface area contributed by atoms with Crippen LogP contribution in [0.15, 0.2) is 52.4 Å². The van der Waals surface area contributed by atoms with Crippen LogP contribution in [0.1, 0.15) is 38.3 Å². The lowest BCUT2D eigenvalue weighted by molar-refractivity contribution is -0.119. The molecule has 31 heavy (non-hydrogen) atoms. The molecule has 3 aromatic rings. The fourth-order valence-electron chi connectivity index (χ4n) is 3.45. The van der Waals surface area contributed by atoms with Crippen molar-refractivity contribution in [2.24, 2.45) is 0 Å². The number of ether oxygens (including phenoxy) is 2. The van der Waals surface area contributed by atoms with Crippen LogP contribution in [0.25, 0.3) is 10.9 Å². The molecule has 1 aliphatic rings. The number of para-hydroxylation sites is 1. The molecule has 2 heterocycles. The molecule has 0 bridgehead atoms. The molecule has 1 aliphatic heterocycles. The van der Waals surface area contributed by atoms with E-state index in [1.54, 1.807) is 10.6 Å². The summed E-state index contributed by atoms with van der Waals surface area (Å²) >= 11 is 1.29. The Balaban J connectivity index is 1.46. The molecule has 1 N–H and O–H groups in total. The highest BCUT2D eigenvalue weighted by Crippen LogP contribution is 2.34. The molecule has 0 saturated heterocycles. The molecule has 0 fully saturated rings. The monoisotopic (exact) mass is 439 g/mol. The molecule has 1 atom stereocenters. The number of carbonyl (C=O) groups is 1. The first kappa shape index (κ1) is 21.2. The summed E-state index contributed by atoms with van der Waals surface area (Å²) in [5.74, 6) is 1.45. The summed E-state index contributed by atoms with van der Waals surface area (Å²) in [5.41, 5.74) is 1.53. The van der Waals surface area contributed by atoms with E-state index in [4.69, 9.17) is 9.47 Å². The summed E-state index contributed by atoms with van der Waals surface area (Å²) in [6, 6.07) is 12.8. The normalized spacial score (nSPS) is 13.4. The van der Waals surface area contributed by atoms with Gasteiger partial charge < -0.3 is 14.8 Å². The third-order valence-electron chi connectivity index (χ3n) is 5.17. The first-order valence-electron chi connectivity index (χ1n) is 10.4. The number of hydrogen-bond donors (Lipinski definition) is 1. The number of nitrogens with one attached hydrogen (secondary N) is 1. The molecule has 0 spiro atoms. The number of nitrogens with zero attached hydrogens (tertiary/aromatic N) is 2. The van der Waals surface area contributed by atoms with Gasteiger partial charge in [-0.25, -0.2) is 4.98 Å². The van der Waals surface area contributed by atoms with Crippen molar-refractivity contribution < 1.29 is 14.3 Å². The van der Waals surface area contributed by atoms with Crippen molar-refractivity contribution in [1.29, 1.82) is 0 Å². The van der Waals surface area contributed by atoms with Crippen LogP contribution >= 0.6 is 11.8 Å². The van der Waals surface area contributed by atoms with E-state index < -0.39 is 0 Å². The fourth-order valence-corrected chi connectivity index (χ4v) is 4.29. The highest BCUT2D eigenvalue weighted by molar-refractivity contribution is 7.99. The summed E-state index contributed by atoms with van der Waals surface area (Å²) in [6.45, 7) is 4.81. The van der Waals surface area contributed by atoms with Gasteiger partial charge in [-0.1, -0.05) is 43.3 Å². The van der Waals surface area contributed by atoms with Crippen LogP contribution in [0.5, 0.6) is 11.5 Å². The summed E-state index contributed by atoms with van der Waals surface area (Å²) in [7, 11) is 0. The van der Waals surface area contributed by atoms with Crippen LogP contribution < -0.4 is 20.3 Å². The third-order valence-corrected chi connectivity index (χ3v) is 6.14. The summed E-state index contributed by atoms with van der Waals surface area (Å²) in [5, 5.41) is 4.17. The Bertz CT molecular complexity index is 1160. The standard InChI is InChI=1S/C23H25N3O4S/c1-3-4-11-26-22(28)17-7-5-6-8-18(17)25-23(26)31-13-21(27)24-15(2)16-9-10-19-20(12-16)30-14-29-19/h5-10,12,15H,3-4,11,13-14H2,1-2H3,(H,24,27). The van der Waals surface area contributed by atoms with E-state index in [-0.39, 0.29) is 30.1 Å². The van der Waals surface area contributed by atoms with Crippen LogP contribution in [0, 0.1) is 0 Å². The van der Waals surface area contributed by atoms with Crippen LogP contribution in [-0.2, 0) is 11.3 Å². The smallest absolute Gasteiger partial charge is 0.262 e.